The lowest BCUT2D eigenvalue weighted by Gasteiger charge is -2.19. The number of carbonyl (C=O) groups excluding carboxylic acids is 1. The van der Waals surface area contributed by atoms with E-state index in [4.69, 9.17) is 0 Å². The minimum Gasteiger partial charge on any atom is -0.343 e. The van der Waals surface area contributed by atoms with Crippen molar-refractivity contribution in [2.45, 2.75) is 37.8 Å². The van der Waals surface area contributed by atoms with E-state index in [0.29, 0.717) is 17.4 Å². The molecule has 0 fully saturated rings. The zero-order chi connectivity index (χ0) is 22.2. The molecule has 2 aromatic carbocycles. The Kier molecular flexibility index (Phi) is 7.77. The first-order valence-corrected chi connectivity index (χ1v) is 11.0. The number of carbonyl (C=O) groups is 1. The third-order valence-electron chi connectivity index (χ3n) is 4.71. The molecule has 0 saturated heterocycles. The van der Waals surface area contributed by atoms with Crippen molar-refractivity contribution in [3.8, 4) is 0 Å². The summed E-state index contributed by atoms with van der Waals surface area (Å²) in [6, 6.07) is 13.8. The molecule has 8 nitrogen and oxygen atoms in total. The van der Waals surface area contributed by atoms with Gasteiger partial charge in [-0.2, -0.15) is 5.10 Å². The molecule has 1 N–H and O–H groups in total. The van der Waals surface area contributed by atoms with Gasteiger partial charge in [0.2, 0.25) is 0 Å². The number of nitro groups is 1. The van der Waals surface area contributed by atoms with E-state index in [1.165, 1.54) is 24.2 Å². The molecule has 1 heterocycles. The third-order valence-corrected chi connectivity index (χ3v) is 5.81. The van der Waals surface area contributed by atoms with E-state index in [2.05, 4.69) is 29.2 Å². The van der Waals surface area contributed by atoms with Crippen LogP contribution in [0, 0.1) is 16.0 Å². The van der Waals surface area contributed by atoms with Crippen LogP contribution in [0.25, 0.3) is 0 Å². The molecular weight excluding hydrogens is 414 g/mol. The second-order valence-electron chi connectivity index (χ2n) is 7.52. The van der Waals surface area contributed by atoms with Gasteiger partial charge in [-0.25, -0.2) is 4.98 Å². The fourth-order valence-electron chi connectivity index (χ4n) is 3.00. The van der Waals surface area contributed by atoms with Crippen LogP contribution in [-0.2, 0) is 6.54 Å². The normalized spacial score (nSPS) is 12.0. The smallest absolute Gasteiger partial charge is 0.283 e. The van der Waals surface area contributed by atoms with Crippen molar-refractivity contribution >= 4 is 23.4 Å². The van der Waals surface area contributed by atoms with Crippen molar-refractivity contribution in [2.24, 2.45) is 5.92 Å². The van der Waals surface area contributed by atoms with Gasteiger partial charge < -0.3 is 5.32 Å². The van der Waals surface area contributed by atoms with Crippen molar-refractivity contribution in [3.63, 3.8) is 0 Å². The van der Waals surface area contributed by atoms with Gasteiger partial charge in [0, 0.05) is 11.6 Å². The Morgan fingerprint density at radius 1 is 1.23 bits per heavy atom. The van der Waals surface area contributed by atoms with Crippen LogP contribution < -0.4 is 5.32 Å². The Bertz CT molecular complexity index is 1010. The molecule has 0 bridgehead atoms. The van der Waals surface area contributed by atoms with Crippen LogP contribution in [0.2, 0.25) is 0 Å². The van der Waals surface area contributed by atoms with Crippen molar-refractivity contribution < 1.29 is 9.72 Å². The maximum atomic E-state index is 13.0. The summed E-state index contributed by atoms with van der Waals surface area (Å²) in [5.41, 5.74) is 1.11. The van der Waals surface area contributed by atoms with E-state index < -0.39 is 4.92 Å². The molecule has 31 heavy (non-hydrogen) atoms. The molecule has 1 aromatic heterocycles. The molecule has 3 rings (SSSR count). The molecule has 0 saturated carbocycles. The molecule has 1 atom stereocenters. The van der Waals surface area contributed by atoms with E-state index in [1.54, 1.807) is 23.1 Å². The second-order valence-corrected chi connectivity index (χ2v) is 8.66. The standard InChI is InChI=1S/C22H25N5O3S/c1-16(2)10-11-31-21-9-8-18(12-20(21)27(29)30)22(28)25-19(13-26-15-23-14-24-26)17-6-4-3-5-7-17/h3-9,12,14-16,19H,10-11,13H2,1-2H3,(H,25,28). The summed E-state index contributed by atoms with van der Waals surface area (Å²) in [6.07, 6.45) is 3.98. The Hall–Kier alpha value is -3.20. The SMILES string of the molecule is CC(C)CCSc1ccc(C(=O)NC(Cn2cncn2)c2ccccc2)cc1[N+](=O)[O-]. The number of thioether (sulfide) groups is 1. The molecule has 0 aliphatic heterocycles. The Balaban J connectivity index is 1.79. The summed E-state index contributed by atoms with van der Waals surface area (Å²) >= 11 is 1.45. The largest absolute Gasteiger partial charge is 0.343 e. The zero-order valence-electron chi connectivity index (χ0n) is 17.5. The van der Waals surface area contributed by atoms with E-state index >= 15 is 0 Å². The maximum absolute atomic E-state index is 13.0. The van der Waals surface area contributed by atoms with Crippen molar-refractivity contribution in [1.82, 2.24) is 20.1 Å². The Morgan fingerprint density at radius 2 is 2.00 bits per heavy atom. The molecule has 3 aromatic rings. The van der Waals surface area contributed by atoms with Gasteiger partial charge in [0.15, 0.2) is 0 Å². The van der Waals surface area contributed by atoms with Gasteiger partial charge in [0.25, 0.3) is 11.6 Å². The van der Waals surface area contributed by atoms with E-state index in [-0.39, 0.29) is 23.2 Å². The first kappa shape index (κ1) is 22.5. The molecule has 1 unspecified atom stereocenters. The van der Waals surface area contributed by atoms with Crippen molar-refractivity contribution in [1.29, 1.82) is 0 Å². The minimum atomic E-state index is -0.432. The predicted molar refractivity (Wildman–Crippen MR) is 120 cm³/mol. The molecule has 0 aliphatic carbocycles. The van der Waals surface area contributed by atoms with Crippen molar-refractivity contribution in [2.75, 3.05) is 5.75 Å². The van der Waals surface area contributed by atoms with Crippen LogP contribution in [0.4, 0.5) is 5.69 Å². The monoisotopic (exact) mass is 439 g/mol. The van der Waals surface area contributed by atoms with Gasteiger partial charge in [-0.3, -0.25) is 19.6 Å². The van der Waals surface area contributed by atoms with Crippen LogP contribution in [0.1, 0.15) is 42.2 Å². The quantitative estimate of drug-likeness (QED) is 0.283. The van der Waals surface area contributed by atoms with Gasteiger partial charge in [-0.15, -0.1) is 11.8 Å². The van der Waals surface area contributed by atoms with Crippen molar-refractivity contribution in [3.05, 3.63) is 82.4 Å². The number of hydrogen-bond acceptors (Lipinski definition) is 6. The van der Waals surface area contributed by atoms with Crippen LogP contribution in [0.3, 0.4) is 0 Å². The molecule has 0 radical (unpaired) electrons. The number of aromatic nitrogens is 3. The summed E-state index contributed by atoms with van der Waals surface area (Å²) in [6.45, 7) is 4.62. The average Bonchev–Trinajstić information content (AvgIpc) is 3.27. The number of nitrogens with zero attached hydrogens (tertiary/aromatic N) is 4. The number of benzene rings is 2. The summed E-state index contributed by atoms with van der Waals surface area (Å²) in [4.78, 5) is 28.6. The fraction of sp³-hybridized carbons (Fsp3) is 0.318. The number of amides is 1. The Morgan fingerprint density at radius 3 is 2.65 bits per heavy atom. The lowest BCUT2D eigenvalue weighted by molar-refractivity contribution is -0.387. The lowest BCUT2D eigenvalue weighted by atomic mass is 10.1. The fourth-order valence-corrected chi connectivity index (χ4v) is 4.26. The number of nitrogens with one attached hydrogen (secondary N) is 1. The summed E-state index contributed by atoms with van der Waals surface area (Å²) in [5.74, 6) is 0.935. The Labute approximate surface area is 185 Å². The molecule has 9 heteroatoms. The van der Waals surface area contributed by atoms with E-state index in [9.17, 15) is 14.9 Å². The first-order chi connectivity index (χ1) is 14.9. The van der Waals surface area contributed by atoms with Gasteiger partial charge in [-0.1, -0.05) is 44.2 Å². The van der Waals surface area contributed by atoms with Gasteiger partial charge in [0.05, 0.1) is 22.4 Å². The number of nitro benzene ring substituents is 1. The first-order valence-electron chi connectivity index (χ1n) is 10.0. The van der Waals surface area contributed by atoms with E-state index in [0.717, 1.165) is 17.7 Å². The van der Waals surface area contributed by atoms with Gasteiger partial charge in [0.1, 0.15) is 12.7 Å². The van der Waals surface area contributed by atoms with Crippen LogP contribution in [-0.4, -0.2) is 31.3 Å². The summed E-state index contributed by atoms with van der Waals surface area (Å²) < 4.78 is 1.63. The highest BCUT2D eigenvalue weighted by atomic mass is 32.2. The van der Waals surface area contributed by atoms with Crippen LogP contribution >= 0.6 is 11.8 Å². The maximum Gasteiger partial charge on any atom is 0.283 e. The number of hydrogen-bond donors (Lipinski definition) is 1. The number of rotatable bonds is 10. The minimum absolute atomic E-state index is 0.0473. The highest BCUT2D eigenvalue weighted by Crippen LogP contribution is 2.31. The zero-order valence-corrected chi connectivity index (χ0v) is 18.3. The average molecular weight is 440 g/mol. The molecule has 1 amide bonds. The van der Waals surface area contributed by atoms with E-state index in [1.807, 2.05) is 30.3 Å². The second kappa shape index (κ2) is 10.7. The van der Waals surface area contributed by atoms with Gasteiger partial charge >= 0.3 is 0 Å². The highest BCUT2D eigenvalue weighted by Gasteiger charge is 2.21. The summed E-state index contributed by atoms with van der Waals surface area (Å²) in [5, 5.41) is 18.7. The topological polar surface area (TPSA) is 103 Å². The van der Waals surface area contributed by atoms with Gasteiger partial charge in [-0.05, 0) is 35.8 Å². The predicted octanol–water partition coefficient (Wildman–Crippen LogP) is 4.50. The lowest BCUT2D eigenvalue weighted by Crippen LogP contribution is -2.31. The highest BCUT2D eigenvalue weighted by molar-refractivity contribution is 7.99. The summed E-state index contributed by atoms with van der Waals surface area (Å²) in [7, 11) is 0. The van der Waals surface area contributed by atoms with Crippen LogP contribution in [0.15, 0.2) is 66.1 Å². The third kappa shape index (κ3) is 6.39. The molecular formula is C22H25N5O3S. The molecule has 0 aliphatic rings. The van der Waals surface area contributed by atoms with Crippen LogP contribution in [0.5, 0.6) is 0 Å². The molecule has 0 spiro atoms. The molecule has 162 valence electrons.